The fraction of sp³-hybridized carbons (Fsp3) is 0.143. The Bertz CT molecular complexity index is 208. The van der Waals surface area contributed by atoms with Crippen LogP contribution in [0.1, 0.15) is 5.82 Å². The minimum atomic E-state index is 0.498. The van der Waals surface area contributed by atoms with Crippen LogP contribution in [0.3, 0.4) is 0 Å². The van der Waals surface area contributed by atoms with E-state index in [0.717, 1.165) is 0 Å². The van der Waals surface area contributed by atoms with E-state index in [2.05, 4.69) is 9.97 Å². The molecule has 1 aromatic rings. The molecule has 0 N–H and O–H groups in total. The van der Waals surface area contributed by atoms with Gasteiger partial charge in [0, 0.05) is 18.3 Å². The molecule has 0 aliphatic heterocycles. The monoisotopic (exact) mass is 154 g/mol. The van der Waals surface area contributed by atoms with Crippen molar-refractivity contribution in [3.05, 3.63) is 30.4 Å². The summed E-state index contributed by atoms with van der Waals surface area (Å²) in [5, 5.41) is 0. The smallest absolute Gasteiger partial charge is 0.151 e. The Morgan fingerprint density at radius 3 is 2.70 bits per heavy atom. The molecule has 0 bridgehead atoms. The lowest BCUT2D eigenvalue weighted by Crippen LogP contribution is -1.82. The van der Waals surface area contributed by atoms with Crippen LogP contribution < -0.4 is 0 Å². The molecule has 1 aromatic heterocycles. The summed E-state index contributed by atoms with van der Waals surface area (Å²) < 4.78 is 0. The average Bonchev–Trinajstić information content (AvgIpc) is 2.03. The second-order valence-electron chi connectivity index (χ2n) is 1.66. The molecule has 0 spiro atoms. The van der Waals surface area contributed by atoms with Crippen molar-refractivity contribution in [2.75, 3.05) is 5.88 Å². The molecule has 52 valence electrons. The molecule has 0 aromatic carbocycles. The predicted octanol–water partition coefficient (Wildman–Crippen LogP) is 1.73. The number of hydrogen-bond donors (Lipinski definition) is 0. The lowest BCUT2D eigenvalue weighted by atomic mass is 10.5. The quantitative estimate of drug-likeness (QED) is 0.607. The van der Waals surface area contributed by atoms with Crippen molar-refractivity contribution in [3.63, 3.8) is 0 Å². The zero-order valence-electron chi connectivity index (χ0n) is 5.37. The van der Waals surface area contributed by atoms with Gasteiger partial charge in [-0.05, 0) is 12.1 Å². The summed E-state index contributed by atoms with van der Waals surface area (Å²) in [7, 11) is 0. The molecule has 0 amide bonds. The molecule has 0 atom stereocenters. The molecule has 0 saturated carbocycles. The Hall–Kier alpha value is -0.890. The fourth-order valence-electron chi connectivity index (χ4n) is 0.547. The topological polar surface area (TPSA) is 25.8 Å². The van der Waals surface area contributed by atoms with Crippen molar-refractivity contribution in [1.82, 2.24) is 9.97 Å². The number of halogens is 1. The maximum absolute atomic E-state index is 5.41. The Balaban J connectivity index is 2.67. The van der Waals surface area contributed by atoms with Gasteiger partial charge in [-0.3, -0.25) is 0 Å². The maximum Gasteiger partial charge on any atom is 0.151 e. The van der Waals surface area contributed by atoms with Crippen molar-refractivity contribution >= 4 is 17.7 Å². The lowest BCUT2D eigenvalue weighted by Gasteiger charge is -1.86. The van der Waals surface area contributed by atoms with E-state index in [1.807, 2.05) is 0 Å². The van der Waals surface area contributed by atoms with Crippen LogP contribution in [0.4, 0.5) is 0 Å². The van der Waals surface area contributed by atoms with Crippen LogP contribution in [0.5, 0.6) is 0 Å². The summed E-state index contributed by atoms with van der Waals surface area (Å²) in [6, 6.07) is 1.78. The maximum atomic E-state index is 5.41. The standard InChI is InChI=1S/C7H7ClN2/c8-4-1-3-7-9-5-2-6-10-7/h1-3,5-6H,4H2. The Morgan fingerprint density at radius 1 is 1.40 bits per heavy atom. The average molecular weight is 155 g/mol. The van der Waals surface area contributed by atoms with E-state index in [-0.39, 0.29) is 0 Å². The van der Waals surface area contributed by atoms with E-state index in [1.165, 1.54) is 0 Å². The highest BCUT2D eigenvalue weighted by Crippen LogP contribution is 1.91. The number of nitrogens with zero attached hydrogens (tertiary/aromatic N) is 2. The Kier molecular flexibility index (Phi) is 2.90. The van der Waals surface area contributed by atoms with Crippen LogP contribution >= 0.6 is 11.6 Å². The van der Waals surface area contributed by atoms with Crippen LogP contribution in [0.15, 0.2) is 24.5 Å². The third kappa shape index (κ3) is 2.15. The van der Waals surface area contributed by atoms with Crippen LogP contribution in [0, 0.1) is 0 Å². The summed E-state index contributed by atoms with van der Waals surface area (Å²) in [4.78, 5) is 7.92. The first kappa shape index (κ1) is 7.22. The zero-order chi connectivity index (χ0) is 7.23. The number of hydrogen-bond acceptors (Lipinski definition) is 2. The summed E-state index contributed by atoms with van der Waals surface area (Å²) in [5.41, 5.74) is 0. The second kappa shape index (κ2) is 4.01. The van der Waals surface area contributed by atoms with Crippen LogP contribution in [0.2, 0.25) is 0 Å². The Morgan fingerprint density at radius 2 is 2.10 bits per heavy atom. The molecular weight excluding hydrogens is 148 g/mol. The van der Waals surface area contributed by atoms with E-state index in [4.69, 9.17) is 11.6 Å². The van der Waals surface area contributed by atoms with E-state index in [1.54, 1.807) is 30.6 Å². The van der Waals surface area contributed by atoms with Crippen molar-refractivity contribution in [2.45, 2.75) is 0 Å². The van der Waals surface area contributed by atoms with Crippen LogP contribution in [0.25, 0.3) is 6.08 Å². The largest absolute Gasteiger partial charge is 0.237 e. The molecule has 3 heteroatoms. The summed E-state index contributed by atoms with van der Waals surface area (Å²) in [6.07, 6.45) is 6.98. The van der Waals surface area contributed by atoms with Crippen LogP contribution in [-0.4, -0.2) is 15.8 Å². The predicted molar refractivity (Wildman–Crippen MR) is 41.8 cm³/mol. The van der Waals surface area contributed by atoms with Crippen LogP contribution in [-0.2, 0) is 0 Å². The third-order valence-corrected chi connectivity index (χ3v) is 1.12. The zero-order valence-corrected chi connectivity index (χ0v) is 6.12. The molecule has 10 heavy (non-hydrogen) atoms. The number of alkyl halides is 1. The SMILES string of the molecule is ClCC=Cc1ncccn1. The highest BCUT2D eigenvalue weighted by atomic mass is 35.5. The first-order valence-corrected chi connectivity index (χ1v) is 3.46. The van der Waals surface area contributed by atoms with E-state index in [9.17, 15) is 0 Å². The number of rotatable bonds is 2. The van der Waals surface area contributed by atoms with Gasteiger partial charge >= 0.3 is 0 Å². The first-order valence-electron chi connectivity index (χ1n) is 2.93. The van der Waals surface area contributed by atoms with Crippen molar-refractivity contribution < 1.29 is 0 Å². The van der Waals surface area contributed by atoms with Gasteiger partial charge in [0.25, 0.3) is 0 Å². The highest BCUT2D eigenvalue weighted by molar-refractivity contribution is 6.19. The summed E-state index contributed by atoms with van der Waals surface area (Å²) in [5.74, 6) is 1.20. The number of aromatic nitrogens is 2. The van der Waals surface area contributed by atoms with E-state index in [0.29, 0.717) is 11.7 Å². The molecule has 0 aliphatic carbocycles. The Labute approximate surface area is 64.6 Å². The molecule has 2 nitrogen and oxygen atoms in total. The lowest BCUT2D eigenvalue weighted by molar-refractivity contribution is 1.13. The summed E-state index contributed by atoms with van der Waals surface area (Å²) in [6.45, 7) is 0. The minimum Gasteiger partial charge on any atom is -0.237 e. The van der Waals surface area contributed by atoms with Crippen molar-refractivity contribution in [3.8, 4) is 0 Å². The van der Waals surface area contributed by atoms with Gasteiger partial charge in [-0.2, -0.15) is 0 Å². The highest BCUT2D eigenvalue weighted by Gasteiger charge is 1.82. The number of allylic oxidation sites excluding steroid dienone is 1. The fourth-order valence-corrected chi connectivity index (χ4v) is 0.636. The molecule has 1 heterocycles. The summed E-state index contributed by atoms with van der Waals surface area (Å²) >= 11 is 5.41. The van der Waals surface area contributed by atoms with Gasteiger partial charge in [0.2, 0.25) is 0 Å². The van der Waals surface area contributed by atoms with Gasteiger partial charge in [-0.1, -0.05) is 6.08 Å². The van der Waals surface area contributed by atoms with Gasteiger partial charge in [0.15, 0.2) is 5.82 Å². The second-order valence-corrected chi connectivity index (χ2v) is 1.97. The van der Waals surface area contributed by atoms with E-state index < -0.39 is 0 Å². The molecular formula is C7H7ClN2. The molecule has 0 aliphatic rings. The van der Waals surface area contributed by atoms with Crippen molar-refractivity contribution in [1.29, 1.82) is 0 Å². The van der Waals surface area contributed by atoms with Crippen molar-refractivity contribution in [2.24, 2.45) is 0 Å². The van der Waals surface area contributed by atoms with Gasteiger partial charge < -0.3 is 0 Å². The van der Waals surface area contributed by atoms with Gasteiger partial charge in [0.05, 0.1) is 0 Å². The molecule has 0 radical (unpaired) electrons. The molecule has 1 rings (SSSR count). The van der Waals surface area contributed by atoms with E-state index >= 15 is 0 Å². The molecule has 0 saturated heterocycles. The molecule has 0 unspecified atom stereocenters. The van der Waals surface area contributed by atoms with Gasteiger partial charge in [-0.25, -0.2) is 9.97 Å². The normalized spacial score (nSPS) is 10.5. The molecule has 0 fully saturated rings. The minimum absolute atomic E-state index is 0.498. The first-order chi connectivity index (χ1) is 4.93. The third-order valence-electron chi connectivity index (χ3n) is 0.942. The van der Waals surface area contributed by atoms with Gasteiger partial charge in [0.1, 0.15) is 0 Å². The van der Waals surface area contributed by atoms with Gasteiger partial charge in [-0.15, -0.1) is 11.6 Å².